The molecular weight excluding hydrogens is 260 g/mol. The average molecular weight is 276 g/mol. The number of carboxylic acids is 1. The van der Waals surface area contributed by atoms with Gasteiger partial charge in [0.15, 0.2) is 0 Å². The van der Waals surface area contributed by atoms with Crippen molar-refractivity contribution in [3.05, 3.63) is 35.9 Å². The minimum atomic E-state index is -1.07. The molecule has 1 aromatic rings. The lowest BCUT2D eigenvalue weighted by Gasteiger charge is -2.23. The van der Waals surface area contributed by atoms with Crippen molar-refractivity contribution < 1.29 is 19.4 Å². The molecule has 0 saturated heterocycles. The highest BCUT2D eigenvalue weighted by Crippen LogP contribution is 2.23. The molecule has 2 N–H and O–H groups in total. The number of rotatable bonds is 3. The summed E-state index contributed by atoms with van der Waals surface area (Å²) in [6, 6.07) is 4.25. The van der Waals surface area contributed by atoms with E-state index in [4.69, 9.17) is 9.84 Å². The van der Waals surface area contributed by atoms with Crippen molar-refractivity contribution in [2.75, 3.05) is 25.5 Å². The fourth-order valence-electron chi connectivity index (χ4n) is 1.97. The first-order valence-electron chi connectivity index (χ1n) is 6.24. The van der Waals surface area contributed by atoms with Crippen LogP contribution in [-0.2, 0) is 0 Å². The molecule has 0 unspecified atom stereocenters. The normalized spacial score (nSPS) is 13.9. The predicted molar refractivity (Wildman–Crippen MR) is 74.3 cm³/mol. The monoisotopic (exact) mass is 276 g/mol. The van der Waals surface area contributed by atoms with E-state index in [1.807, 2.05) is 12.2 Å². The van der Waals surface area contributed by atoms with Gasteiger partial charge in [0.1, 0.15) is 11.3 Å². The number of urea groups is 1. The summed E-state index contributed by atoms with van der Waals surface area (Å²) in [6.07, 6.45) is 4.82. The zero-order valence-electron chi connectivity index (χ0n) is 11.1. The summed E-state index contributed by atoms with van der Waals surface area (Å²) in [5.74, 6) is -0.852. The molecule has 20 heavy (non-hydrogen) atoms. The zero-order chi connectivity index (χ0) is 14.5. The number of carboxylic acid groups (broad SMARTS) is 1. The van der Waals surface area contributed by atoms with Crippen LogP contribution in [0.3, 0.4) is 0 Å². The van der Waals surface area contributed by atoms with E-state index in [9.17, 15) is 9.59 Å². The molecule has 6 heteroatoms. The fourth-order valence-corrected chi connectivity index (χ4v) is 1.97. The highest BCUT2D eigenvalue weighted by atomic mass is 16.5. The molecule has 0 atom stereocenters. The van der Waals surface area contributed by atoms with Crippen molar-refractivity contribution in [2.24, 2.45) is 0 Å². The van der Waals surface area contributed by atoms with Gasteiger partial charge in [-0.15, -0.1) is 0 Å². The van der Waals surface area contributed by atoms with Gasteiger partial charge in [0.05, 0.1) is 7.11 Å². The van der Waals surface area contributed by atoms with E-state index in [2.05, 4.69) is 5.32 Å². The van der Waals surface area contributed by atoms with Crippen LogP contribution in [0.25, 0.3) is 0 Å². The lowest BCUT2D eigenvalue weighted by Crippen LogP contribution is -2.37. The largest absolute Gasteiger partial charge is 0.496 e. The summed E-state index contributed by atoms with van der Waals surface area (Å²) in [5, 5.41) is 11.7. The highest BCUT2D eigenvalue weighted by molar-refractivity contribution is 5.94. The van der Waals surface area contributed by atoms with Crippen molar-refractivity contribution in [1.29, 1.82) is 0 Å². The molecule has 1 aromatic carbocycles. The summed E-state index contributed by atoms with van der Waals surface area (Å²) in [7, 11) is 1.39. The number of nitrogens with zero attached hydrogens (tertiary/aromatic N) is 1. The third-order valence-electron chi connectivity index (χ3n) is 3.03. The second-order valence-electron chi connectivity index (χ2n) is 4.36. The van der Waals surface area contributed by atoms with Crippen LogP contribution in [0, 0.1) is 0 Å². The second kappa shape index (κ2) is 6.10. The molecule has 0 saturated carbocycles. The Bertz CT molecular complexity index is 554. The molecule has 1 aliphatic heterocycles. The smallest absolute Gasteiger partial charge is 0.339 e. The third kappa shape index (κ3) is 3.09. The number of anilines is 1. The Labute approximate surface area is 116 Å². The van der Waals surface area contributed by atoms with Crippen LogP contribution < -0.4 is 10.1 Å². The number of nitrogens with one attached hydrogen (secondary N) is 1. The summed E-state index contributed by atoms with van der Waals surface area (Å²) in [6.45, 7) is 1.25. The molecule has 0 radical (unpaired) electrons. The topological polar surface area (TPSA) is 78.9 Å². The summed E-state index contributed by atoms with van der Waals surface area (Å²) < 4.78 is 5.02. The van der Waals surface area contributed by atoms with Gasteiger partial charge in [-0.1, -0.05) is 12.2 Å². The molecule has 0 aromatic heterocycles. The van der Waals surface area contributed by atoms with Gasteiger partial charge < -0.3 is 20.1 Å². The maximum absolute atomic E-state index is 12.0. The summed E-state index contributed by atoms with van der Waals surface area (Å²) in [5.41, 5.74) is 0.567. The van der Waals surface area contributed by atoms with Gasteiger partial charge in [0.2, 0.25) is 0 Å². The second-order valence-corrected chi connectivity index (χ2v) is 4.36. The highest BCUT2D eigenvalue weighted by Gasteiger charge is 2.16. The van der Waals surface area contributed by atoms with Crippen LogP contribution >= 0.6 is 0 Å². The summed E-state index contributed by atoms with van der Waals surface area (Å²) >= 11 is 0. The van der Waals surface area contributed by atoms with E-state index in [-0.39, 0.29) is 17.3 Å². The molecule has 0 fully saturated rings. The predicted octanol–water partition coefficient (Wildman–Crippen LogP) is 2.19. The van der Waals surface area contributed by atoms with E-state index >= 15 is 0 Å². The van der Waals surface area contributed by atoms with Gasteiger partial charge in [-0.05, 0) is 18.6 Å². The van der Waals surface area contributed by atoms with Gasteiger partial charge in [-0.25, -0.2) is 9.59 Å². The first-order valence-corrected chi connectivity index (χ1v) is 6.24. The Balaban J connectivity index is 2.11. The first-order chi connectivity index (χ1) is 9.61. The number of hydrogen-bond donors (Lipinski definition) is 2. The first kappa shape index (κ1) is 13.9. The Hall–Kier alpha value is -2.50. The molecule has 1 aliphatic rings. The number of aromatic carboxylic acids is 1. The molecule has 106 valence electrons. The van der Waals surface area contributed by atoms with E-state index < -0.39 is 5.97 Å². The van der Waals surface area contributed by atoms with Crippen molar-refractivity contribution in [3.8, 4) is 5.75 Å². The van der Waals surface area contributed by atoms with E-state index in [1.165, 1.54) is 19.2 Å². The molecule has 1 heterocycles. The number of carbonyl (C=O) groups is 2. The Morgan fingerprint density at radius 2 is 2.15 bits per heavy atom. The van der Waals surface area contributed by atoms with Crippen LogP contribution in [0.2, 0.25) is 0 Å². The fraction of sp³-hybridized carbons (Fsp3) is 0.286. The number of amides is 2. The standard InChI is InChI=1S/C14H16N2O4/c1-20-12-9-10(5-6-11(12)13(17)18)15-14(19)16-7-3-2-4-8-16/h2-3,5-6,9H,4,7-8H2,1H3,(H,15,19)(H,17,18). The SMILES string of the molecule is COc1cc(NC(=O)N2CC=CCC2)ccc1C(=O)O. The molecule has 2 amide bonds. The molecule has 0 aliphatic carbocycles. The van der Waals surface area contributed by atoms with Crippen LogP contribution in [0.1, 0.15) is 16.8 Å². The van der Waals surface area contributed by atoms with Crippen molar-refractivity contribution in [2.45, 2.75) is 6.42 Å². The maximum atomic E-state index is 12.0. The van der Waals surface area contributed by atoms with Gasteiger partial charge in [0.25, 0.3) is 0 Å². The minimum Gasteiger partial charge on any atom is -0.496 e. The number of carbonyl (C=O) groups excluding carboxylic acids is 1. The number of ether oxygens (including phenoxy) is 1. The number of hydrogen-bond acceptors (Lipinski definition) is 3. The van der Waals surface area contributed by atoms with Crippen molar-refractivity contribution in [1.82, 2.24) is 4.90 Å². The van der Waals surface area contributed by atoms with Crippen molar-refractivity contribution >= 4 is 17.7 Å². The van der Waals surface area contributed by atoms with Crippen LogP contribution in [0.5, 0.6) is 5.75 Å². The quantitative estimate of drug-likeness (QED) is 0.829. The van der Waals surface area contributed by atoms with E-state index in [0.717, 1.165) is 6.42 Å². The molecule has 0 spiro atoms. The maximum Gasteiger partial charge on any atom is 0.339 e. The van der Waals surface area contributed by atoms with E-state index in [1.54, 1.807) is 11.0 Å². The summed E-state index contributed by atoms with van der Waals surface area (Å²) in [4.78, 5) is 24.7. The van der Waals surface area contributed by atoms with Gasteiger partial charge in [-0.3, -0.25) is 0 Å². The van der Waals surface area contributed by atoms with Gasteiger partial charge in [-0.2, -0.15) is 0 Å². The lowest BCUT2D eigenvalue weighted by atomic mass is 10.2. The van der Waals surface area contributed by atoms with Crippen molar-refractivity contribution in [3.63, 3.8) is 0 Å². The molecular formula is C14H16N2O4. The Morgan fingerprint density at radius 3 is 2.75 bits per heavy atom. The Morgan fingerprint density at radius 1 is 1.35 bits per heavy atom. The molecule has 0 bridgehead atoms. The molecule has 2 rings (SSSR count). The lowest BCUT2D eigenvalue weighted by molar-refractivity contribution is 0.0693. The van der Waals surface area contributed by atoms with Gasteiger partial charge >= 0.3 is 12.0 Å². The van der Waals surface area contributed by atoms with E-state index in [0.29, 0.717) is 18.8 Å². The molecule has 6 nitrogen and oxygen atoms in total. The number of benzene rings is 1. The van der Waals surface area contributed by atoms with Crippen LogP contribution in [0.4, 0.5) is 10.5 Å². The zero-order valence-corrected chi connectivity index (χ0v) is 11.1. The number of methoxy groups -OCH3 is 1. The average Bonchev–Trinajstić information content (AvgIpc) is 2.47. The third-order valence-corrected chi connectivity index (χ3v) is 3.03. The Kier molecular flexibility index (Phi) is 4.24. The van der Waals surface area contributed by atoms with Crippen LogP contribution in [-0.4, -0.2) is 42.2 Å². The minimum absolute atomic E-state index is 0.0615. The van der Waals surface area contributed by atoms with Crippen LogP contribution in [0.15, 0.2) is 30.4 Å². The van der Waals surface area contributed by atoms with Gasteiger partial charge in [0, 0.05) is 24.8 Å².